The van der Waals surface area contributed by atoms with E-state index in [2.05, 4.69) is 0 Å². The lowest BCUT2D eigenvalue weighted by Gasteiger charge is -2.11. The molecule has 0 heterocycles. The molecule has 108 valence electrons. The Labute approximate surface area is 120 Å². The van der Waals surface area contributed by atoms with Crippen molar-refractivity contribution in [3.05, 3.63) is 59.2 Å². The van der Waals surface area contributed by atoms with Gasteiger partial charge in [0.2, 0.25) is 5.91 Å². The molecule has 0 aliphatic carbocycles. The molecule has 0 saturated carbocycles. The Kier molecular flexibility index (Phi) is 4.08. The molecule has 0 radical (unpaired) electrons. The van der Waals surface area contributed by atoms with E-state index in [4.69, 9.17) is 21.3 Å². The van der Waals surface area contributed by atoms with Crippen LogP contribution in [-0.2, 0) is 6.61 Å². The summed E-state index contributed by atoms with van der Waals surface area (Å²) >= 11 is 0. The number of anilines is 1. The minimum absolute atomic E-state index is 0.0800. The van der Waals surface area contributed by atoms with Crippen molar-refractivity contribution in [2.45, 2.75) is 6.61 Å². The number of nitrogen functional groups attached to an aromatic ring is 1. The quantitative estimate of drug-likeness (QED) is 0.723. The molecule has 0 saturated heterocycles. The minimum atomic E-state index is -1.16. The number of benzene rings is 2. The average Bonchev–Trinajstić information content (AvgIpc) is 2.45. The summed E-state index contributed by atoms with van der Waals surface area (Å²) in [5, 5.41) is 9.14. The summed E-state index contributed by atoms with van der Waals surface area (Å²) in [5.41, 5.74) is 11.9. The number of aromatic carboxylic acids is 1. The molecule has 2 rings (SSSR count). The lowest BCUT2D eigenvalue weighted by Crippen LogP contribution is -2.11. The summed E-state index contributed by atoms with van der Waals surface area (Å²) < 4.78 is 5.49. The van der Waals surface area contributed by atoms with E-state index < -0.39 is 11.9 Å². The van der Waals surface area contributed by atoms with Crippen LogP contribution in [0.5, 0.6) is 5.75 Å². The fourth-order valence-electron chi connectivity index (χ4n) is 1.87. The van der Waals surface area contributed by atoms with Crippen molar-refractivity contribution in [1.29, 1.82) is 0 Å². The van der Waals surface area contributed by atoms with Crippen LogP contribution in [-0.4, -0.2) is 17.0 Å². The number of carbonyl (C=O) groups is 2. The maximum atomic E-state index is 11.2. The second kappa shape index (κ2) is 5.96. The lowest BCUT2D eigenvalue weighted by atomic mass is 10.1. The largest absolute Gasteiger partial charge is 0.488 e. The van der Waals surface area contributed by atoms with Crippen LogP contribution >= 0.6 is 0 Å². The van der Waals surface area contributed by atoms with Crippen LogP contribution in [0.3, 0.4) is 0 Å². The Hall–Kier alpha value is -3.02. The standard InChI is InChI=1S/C15H14N2O4/c16-11-5-2-6-12(13(11)15(19)20)21-8-9-3-1-4-10(7-9)14(17)18/h1-7H,8,16H2,(H2,17,18)(H,19,20). The normalized spacial score (nSPS) is 10.1. The van der Waals surface area contributed by atoms with Crippen molar-refractivity contribution in [3.63, 3.8) is 0 Å². The lowest BCUT2D eigenvalue weighted by molar-refractivity contribution is 0.0693. The summed E-state index contributed by atoms with van der Waals surface area (Å²) in [6.45, 7) is 0.102. The molecular weight excluding hydrogens is 272 g/mol. The number of carboxylic acid groups (broad SMARTS) is 1. The molecule has 6 nitrogen and oxygen atoms in total. The molecule has 0 bridgehead atoms. The molecule has 2 aromatic carbocycles. The molecule has 0 spiro atoms. The van der Waals surface area contributed by atoms with E-state index >= 15 is 0 Å². The molecule has 6 heteroatoms. The molecule has 0 fully saturated rings. The van der Waals surface area contributed by atoms with E-state index in [1.807, 2.05) is 0 Å². The van der Waals surface area contributed by atoms with Gasteiger partial charge in [-0.3, -0.25) is 4.79 Å². The van der Waals surface area contributed by atoms with E-state index in [9.17, 15) is 9.59 Å². The first-order valence-electron chi connectivity index (χ1n) is 6.12. The van der Waals surface area contributed by atoms with Crippen molar-refractivity contribution in [2.75, 3.05) is 5.73 Å². The number of rotatable bonds is 5. The molecule has 0 atom stereocenters. The van der Waals surface area contributed by atoms with E-state index in [0.29, 0.717) is 11.1 Å². The second-order valence-corrected chi connectivity index (χ2v) is 4.38. The van der Waals surface area contributed by atoms with Crippen LogP contribution in [0.4, 0.5) is 5.69 Å². The number of primary amides is 1. The van der Waals surface area contributed by atoms with E-state index in [1.54, 1.807) is 30.3 Å². The maximum absolute atomic E-state index is 11.2. The second-order valence-electron chi connectivity index (χ2n) is 4.38. The first-order valence-corrected chi connectivity index (χ1v) is 6.12. The molecule has 2 aromatic rings. The third kappa shape index (κ3) is 3.30. The first-order chi connectivity index (χ1) is 9.99. The number of nitrogens with two attached hydrogens (primary N) is 2. The SMILES string of the molecule is NC(=O)c1cccc(COc2cccc(N)c2C(=O)O)c1. The van der Waals surface area contributed by atoms with E-state index in [1.165, 1.54) is 12.1 Å². The van der Waals surface area contributed by atoms with Gasteiger partial charge < -0.3 is 21.3 Å². The highest BCUT2D eigenvalue weighted by atomic mass is 16.5. The van der Waals surface area contributed by atoms with Gasteiger partial charge in [0.15, 0.2) is 0 Å². The van der Waals surface area contributed by atoms with Crippen molar-refractivity contribution < 1.29 is 19.4 Å². The molecule has 0 unspecified atom stereocenters. The maximum Gasteiger partial charge on any atom is 0.341 e. The van der Waals surface area contributed by atoms with Gasteiger partial charge in [0, 0.05) is 11.3 Å². The molecule has 0 aromatic heterocycles. The van der Waals surface area contributed by atoms with Gasteiger partial charge in [-0.15, -0.1) is 0 Å². The van der Waals surface area contributed by atoms with Crippen LogP contribution < -0.4 is 16.2 Å². The zero-order chi connectivity index (χ0) is 15.4. The minimum Gasteiger partial charge on any atom is -0.488 e. The van der Waals surface area contributed by atoms with Gasteiger partial charge in [-0.1, -0.05) is 18.2 Å². The Morgan fingerprint density at radius 1 is 1.14 bits per heavy atom. The van der Waals surface area contributed by atoms with Gasteiger partial charge in [-0.05, 0) is 29.8 Å². The van der Waals surface area contributed by atoms with Crippen molar-refractivity contribution in [2.24, 2.45) is 5.73 Å². The number of ether oxygens (including phenoxy) is 1. The number of carboxylic acids is 1. The van der Waals surface area contributed by atoms with Gasteiger partial charge in [0.05, 0.1) is 0 Å². The Bertz CT molecular complexity index is 698. The zero-order valence-corrected chi connectivity index (χ0v) is 11.1. The van der Waals surface area contributed by atoms with Gasteiger partial charge >= 0.3 is 5.97 Å². The predicted octanol–water partition coefficient (Wildman–Crippen LogP) is 1.64. The summed E-state index contributed by atoms with van der Waals surface area (Å²) in [4.78, 5) is 22.3. The summed E-state index contributed by atoms with van der Waals surface area (Å²) in [6, 6.07) is 11.2. The Balaban J connectivity index is 2.21. The first kappa shape index (κ1) is 14.4. The summed E-state index contributed by atoms with van der Waals surface area (Å²) in [5.74, 6) is -1.52. The topological polar surface area (TPSA) is 116 Å². The molecule has 0 aliphatic rings. The van der Waals surface area contributed by atoms with Gasteiger partial charge in [-0.25, -0.2) is 4.79 Å². The monoisotopic (exact) mass is 286 g/mol. The predicted molar refractivity (Wildman–Crippen MR) is 77.1 cm³/mol. The van der Waals surface area contributed by atoms with Crippen LogP contribution in [0.1, 0.15) is 26.3 Å². The van der Waals surface area contributed by atoms with Crippen molar-refractivity contribution in [3.8, 4) is 5.75 Å². The highest BCUT2D eigenvalue weighted by Crippen LogP contribution is 2.25. The molecule has 1 amide bonds. The van der Waals surface area contributed by atoms with Crippen LogP contribution in [0.15, 0.2) is 42.5 Å². The smallest absolute Gasteiger partial charge is 0.341 e. The van der Waals surface area contributed by atoms with E-state index in [0.717, 1.165) is 0 Å². The Morgan fingerprint density at radius 2 is 1.86 bits per heavy atom. The number of amides is 1. The molecular formula is C15H14N2O4. The van der Waals surface area contributed by atoms with Gasteiger partial charge in [0.25, 0.3) is 0 Å². The number of carbonyl (C=O) groups excluding carboxylic acids is 1. The molecule has 0 aliphatic heterocycles. The summed E-state index contributed by atoms with van der Waals surface area (Å²) in [7, 11) is 0. The third-order valence-electron chi connectivity index (χ3n) is 2.88. The van der Waals surface area contributed by atoms with Crippen molar-refractivity contribution >= 4 is 17.6 Å². The summed E-state index contributed by atoms with van der Waals surface area (Å²) in [6.07, 6.45) is 0. The van der Waals surface area contributed by atoms with Crippen molar-refractivity contribution in [1.82, 2.24) is 0 Å². The fraction of sp³-hybridized carbons (Fsp3) is 0.0667. The zero-order valence-electron chi connectivity index (χ0n) is 11.1. The number of hydrogen-bond donors (Lipinski definition) is 3. The van der Waals surface area contributed by atoms with Gasteiger partial charge in [-0.2, -0.15) is 0 Å². The average molecular weight is 286 g/mol. The van der Waals surface area contributed by atoms with E-state index in [-0.39, 0.29) is 23.6 Å². The third-order valence-corrected chi connectivity index (χ3v) is 2.88. The number of hydrogen-bond acceptors (Lipinski definition) is 4. The van der Waals surface area contributed by atoms with Crippen LogP contribution in [0.25, 0.3) is 0 Å². The van der Waals surface area contributed by atoms with Gasteiger partial charge in [0.1, 0.15) is 17.9 Å². The van der Waals surface area contributed by atoms with Crippen LogP contribution in [0, 0.1) is 0 Å². The highest BCUT2D eigenvalue weighted by molar-refractivity contribution is 5.96. The van der Waals surface area contributed by atoms with Crippen LogP contribution in [0.2, 0.25) is 0 Å². The highest BCUT2D eigenvalue weighted by Gasteiger charge is 2.15. The molecule has 21 heavy (non-hydrogen) atoms. The fourth-order valence-corrected chi connectivity index (χ4v) is 1.87. The molecule has 5 N–H and O–H groups in total. The Morgan fingerprint density at radius 3 is 2.52 bits per heavy atom.